The second kappa shape index (κ2) is 6.80. The van der Waals surface area contributed by atoms with Crippen molar-refractivity contribution in [2.75, 3.05) is 24.6 Å². The van der Waals surface area contributed by atoms with Gasteiger partial charge in [-0.05, 0) is 34.7 Å². The van der Waals surface area contributed by atoms with Gasteiger partial charge in [-0.3, -0.25) is 4.98 Å². The topological polar surface area (TPSA) is 64.0 Å². The van der Waals surface area contributed by atoms with Crippen molar-refractivity contribution in [3.63, 3.8) is 0 Å². The van der Waals surface area contributed by atoms with Crippen LogP contribution in [0.25, 0.3) is 0 Å². The van der Waals surface area contributed by atoms with Crippen LogP contribution in [0.5, 0.6) is 5.88 Å². The lowest BCUT2D eigenvalue weighted by atomic mass is 9.98. The maximum Gasteiger partial charge on any atom is 0.232 e. The fourth-order valence-electron chi connectivity index (χ4n) is 2.33. The third-order valence-electron chi connectivity index (χ3n) is 3.51. The fraction of sp³-hybridized carbons (Fsp3) is 0.429. The molecule has 3 rings (SSSR count). The van der Waals surface area contributed by atoms with E-state index in [1.807, 2.05) is 0 Å². The molecular weight excluding hydrogens is 334 g/mol. The first-order valence-corrected chi connectivity index (χ1v) is 7.72. The number of hydrogen-bond acceptors (Lipinski definition) is 6. The summed E-state index contributed by atoms with van der Waals surface area (Å²) in [5.74, 6) is 1.93. The first kappa shape index (κ1) is 14.2. The minimum Gasteiger partial charge on any atom is -0.476 e. The predicted molar refractivity (Wildman–Crippen MR) is 82.2 cm³/mol. The molecule has 2 aromatic rings. The summed E-state index contributed by atoms with van der Waals surface area (Å²) in [5, 5.41) is 0. The zero-order valence-corrected chi connectivity index (χ0v) is 13.1. The van der Waals surface area contributed by atoms with Gasteiger partial charge in [-0.25, -0.2) is 15.0 Å². The van der Waals surface area contributed by atoms with Crippen LogP contribution in [-0.4, -0.2) is 39.6 Å². The molecule has 0 N–H and O–H groups in total. The third kappa shape index (κ3) is 3.87. The molecule has 1 fully saturated rings. The molecular formula is C14H16BrN5O. The number of halogens is 1. The average Bonchev–Trinajstić information content (AvgIpc) is 2.55. The number of rotatable bonds is 4. The molecule has 0 aliphatic carbocycles. The van der Waals surface area contributed by atoms with Gasteiger partial charge in [-0.2, -0.15) is 0 Å². The van der Waals surface area contributed by atoms with Gasteiger partial charge in [0.1, 0.15) is 0 Å². The molecule has 7 heteroatoms. The van der Waals surface area contributed by atoms with Gasteiger partial charge >= 0.3 is 0 Å². The van der Waals surface area contributed by atoms with Crippen LogP contribution in [-0.2, 0) is 0 Å². The van der Waals surface area contributed by atoms with Crippen LogP contribution in [0.15, 0.2) is 35.5 Å². The van der Waals surface area contributed by atoms with Crippen LogP contribution in [0.3, 0.4) is 0 Å². The van der Waals surface area contributed by atoms with E-state index < -0.39 is 0 Å². The highest BCUT2D eigenvalue weighted by Crippen LogP contribution is 2.21. The number of ether oxygens (including phenoxy) is 1. The van der Waals surface area contributed by atoms with Crippen molar-refractivity contribution >= 4 is 21.9 Å². The van der Waals surface area contributed by atoms with Crippen molar-refractivity contribution in [1.82, 2.24) is 19.9 Å². The molecule has 0 aromatic carbocycles. The second-order valence-corrected chi connectivity index (χ2v) is 5.90. The maximum absolute atomic E-state index is 5.67. The van der Waals surface area contributed by atoms with Crippen LogP contribution in [0.1, 0.15) is 12.8 Å². The Labute approximate surface area is 131 Å². The zero-order chi connectivity index (χ0) is 14.5. The van der Waals surface area contributed by atoms with Crippen molar-refractivity contribution in [3.8, 4) is 5.88 Å². The van der Waals surface area contributed by atoms with Gasteiger partial charge in [0.05, 0.1) is 17.3 Å². The van der Waals surface area contributed by atoms with Crippen LogP contribution in [0.4, 0.5) is 5.95 Å². The SMILES string of the molecule is Brc1cnc(N2CCC(COc3cnccn3)CC2)nc1. The number of nitrogens with zero attached hydrogens (tertiary/aromatic N) is 5. The van der Waals surface area contributed by atoms with Crippen molar-refractivity contribution in [1.29, 1.82) is 0 Å². The quantitative estimate of drug-likeness (QED) is 0.843. The largest absolute Gasteiger partial charge is 0.476 e. The fourth-order valence-corrected chi connectivity index (χ4v) is 2.54. The molecule has 0 radical (unpaired) electrons. The molecule has 0 saturated carbocycles. The van der Waals surface area contributed by atoms with E-state index >= 15 is 0 Å². The summed E-state index contributed by atoms with van der Waals surface area (Å²) in [4.78, 5) is 19.0. The Kier molecular flexibility index (Phi) is 4.59. The van der Waals surface area contributed by atoms with E-state index in [4.69, 9.17) is 4.74 Å². The molecule has 1 aliphatic rings. The highest BCUT2D eigenvalue weighted by Gasteiger charge is 2.21. The molecule has 1 saturated heterocycles. The lowest BCUT2D eigenvalue weighted by molar-refractivity contribution is 0.215. The first-order valence-electron chi connectivity index (χ1n) is 6.92. The number of hydrogen-bond donors (Lipinski definition) is 0. The Hall–Kier alpha value is -1.76. The Bertz CT molecular complexity index is 557. The highest BCUT2D eigenvalue weighted by molar-refractivity contribution is 9.10. The van der Waals surface area contributed by atoms with E-state index in [2.05, 4.69) is 40.8 Å². The highest BCUT2D eigenvalue weighted by atomic mass is 79.9. The van der Waals surface area contributed by atoms with Crippen LogP contribution in [0, 0.1) is 5.92 Å². The lowest BCUT2D eigenvalue weighted by Gasteiger charge is -2.31. The summed E-state index contributed by atoms with van der Waals surface area (Å²) in [6.07, 6.45) is 10.6. The van der Waals surface area contributed by atoms with Crippen LogP contribution < -0.4 is 9.64 Å². The summed E-state index contributed by atoms with van der Waals surface area (Å²) in [6, 6.07) is 0. The summed E-state index contributed by atoms with van der Waals surface area (Å²) in [7, 11) is 0. The zero-order valence-electron chi connectivity index (χ0n) is 11.5. The smallest absolute Gasteiger partial charge is 0.232 e. The Balaban J connectivity index is 1.48. The van der Waals surface area contributed by atoms with E-state index in [1.165, 1.54) is 0 Å². The van der Waals surface area contributed by atoms with E-state index in [0.29, 0.717) is 18.4 Å². The molecule has 110 valence electrons. The molecule has 0 bridgehead atoms. The molecule has 21 heavy (non-hydrogen) atoms. The first-order chi connectivity index (χ1) is 10.3. The van der Waals surface area contributed by atoms with Gasteiger partial charge in [0.15, 0.2) is 0 Å². The Morgan fingerprint density at radius 1 is 1.10 bits per heavy atom. The molecule has 0 atom stereocenters. The average molecular weight is 350 g/mol. The van der Waals surface area contributed by atoms with Gasteiger partial charge in [-0.15, -0.1) is 0 Å². The standard InChI is InChI=1S/C14H16BrN5O/c15-12-7-18-14(19-8-12)20-5-1-11(2-6-20)10-21-13-9-16-3-4-17-13/h3-4,7-9,11H,1-2,5-6,10H2. The van der Waals surface area contributed by atoms with Crippen LogP contribution in [0.2, 0.25) is 0 Å². The van der Waals surface area contributed by atoms with Gasteiger partial charge in [0.2, 0.25) is 11.8 Å². The lowest BCUT2D eigenvalue weighted by Crippen LogP contribution is -2.36. The van der Waals surface area contributed by atoms with Crippen molar-refractivity contribution < 1.29 is 4.74 Å². The molecule has 0 amide bonds. The summed E-state index contributed by atoms with van der Waals surface area (Å²) in [6.45, 7) is 2.60. The maximum atomic E-state index is 5.67. The van der Waals surface area contributed by atoms with Crippen molar-refractivity contribution in [3.05, 3.63) is 35.5 Å². The molecule has 3 heterocycles. The molecule has 1 aliphatic heterocycles. The third-order valence-corrected chi connectivity index (χ3v) is 3.92. The molecule has 0 spiro atoms. The summed E-state index contributed by atoms with van der Waals surface area (Å²) < 4.78 is 6.57. The van der Waals surface area contributed by atoms with E-state index in [0.717, 1.165) is 36.4 Å². The predicted octanol–water partition coefficient (Wildman–Crippen LogP) is 2.32. The second-order valence-electron chi connectivity index (χ2n) is 4.99. The number of aromatic nitrogens is 4. The van der Waals surface area contributed by atoms with Gasteiger partial charge in [-0.1, -0.05) is 0 Å². The Morgan fingerprint density at radius 3 is 2.52 bits per heavy atom. The summed E-state index contributed by atoms with van der Waals surface area (Å²) >= 11 is 3.35. The number of piperidine rings is 1. The summed E-state index contributed by atoms with van der Waals surface area (Å²) in [5.41, 5.74) is 0. The van der Waals surface area contributed by atoms with E-state index in [1.54, 1.807) is 31.0 Å². The minimum atomic E-state index is 0.540. The van der Waals surface area contributed by atoms with Crippen LogP contribution >= 0.6 is 15.9 Å². The van der Waals surface area contributed by atoms with Crippen molar-refractivity contribution in [2.45, 2.75) is 12.8 Å². The molecule has 2 aromatic heterocycles. The van der Waals surface area contributed by atoms with Gasteiger partial charge in [0.25, 0.3) is 0 Å². The Morgan fingerprint density at radius 2 is 1.86 bits per heavy atom. The monoisotopic (exact) mass is 349 g/mol. The van der Waals surface area contributed by atoms with Gasteiger partial charge in [0, 0.05) is 37.9 Å². The van der Waals surface area contributed by atoms with E-state index in [-0.39, 0.29) is 0 Å². The molecule has 6 nitrogen and oxygen atoms in total. The molecule has 0 unspecified atom stereocenters. The van der Waals surface area contributed by atoms with E-state index in [9.17, 15) is 0 Å². The number of anilines is 1. The van der Waals surface area contributed by atoms with Crippen molar-refractivity contribution in [2.24, 2.45) is 5.92 Å². The van der Waals surface area contributed by atoms with Gasteiger partial charge < -0.3 is 9.64 Å². The normalized spacial score (nSPS) is 16.0. The minimum absolute atomic E-state index is 0.540.